The molecule has 0 saturated carbocycles. The van der Waals surface area contributed by atoms with Crippen molar-refractivity contribution in [1.82, 2.24) is 0 Å². The van der Waals surface area contributed by atoms with Crippen molar-refractivity contribution in [3.63, 3.8) is 0 Å². The van der Waals surface area contributed by atoms with Gasteiger partial charge in [-0.3, -0.25) is 37.3 Å². The van der Waals surface area contributed by atoms with Gasteiger partial charge in [-0.1, -0.05) is 434 Å². The highest BCUT2D eigenvalue weighted by molar-refractivity contribution is 7.47. The molecular weight excluding hydrogens is 1440 g/mol. The van der Waals surface area contributed by atoms with E-state index in [0.717, 1.165) is 114 Å². The van der Waals surface area contributed by atoms with Crippen molar-refractivity contribution in [2.45, 2.75) is 504 Å². The SMILES string of the molecule is CCC(C)CCCCCCCCCCCCCCCCCCCCC(=O)OC[C@H](COP(=O)(O)OC[C@@H](O)COP(=O)(O)OC[C@@H](COC(=O)CCCCCCCCC(C)C)OC(=O)CCCCCCCCCCCCCCCCCCCCC(C)CC)OC(=O)CCCCCCCCCCCCCCCCCC(C)C. The maximum Gasteiger partial charge on any atom is 0.472 e. The van der Waals surface area contributed by atoms with E-state index in [1.807, 2.05) is 0 Å². The van der Waals surface area contributed by atoms with Crippen LogP contribution < -0.4 is 0 Å². The minimum atomic E-state index is -4.97. The second kappa shape index (κ2) is 80.5. The van der Waals surface area contributed by atoms with E-state index in [-0.39, 0.29) is 25.7 Å². The molecule has 0 aliphatic heterocycles. The van der Waals surface area contributed by atoms with Gasteiger partial charge in [0.1, 0.15) is 19.3 Å². The van der Waals surface area contributed by atoms with Gasteiger partial charge < -0.3 is 33.8 Å². The molecule has 0 aliphatic rings. The summed E-state index contributed by atoms with van der Waals surface area (Å²) in [5.41, 5.74) is 0. The summed E-state index contributed by atoms with van der Waals surface area (Å²) in [5, 5.41) is 10.7. The van der Waals surface area contributed by atoms with Crippen molar-refractivity contribution in [2.24, 2.45) is 23.7 Å². The molecule has 0 aromatic heterocycles. The Morgan fingerprint density at radius 3 is 0.640 bits per heavy atom. The van der Waals surface area contributed by atoms with Crippen LogP contribution in [0.3, 0.4) is 0 Å². The number of aliphatic hydroxyl groups excluding tert-OH is 1. The molecule has 0 saturated heterocycles. The van der Waals surface area contributed by atoms with E-state index >= 15 is 0 Å². The number of phosphoric acid groups is 2. The van der Waals surface area contributed by atoms with Gasteiger partial charge in [0.25, 0.3) is 0 Å². The lowest BCUT2D eigenvalue weighted by Gasteiger charge is -2.21. The first-order chi connectivity index (χ1) is 53.7. The van der Waals surface area contributed by atoms with E-state index < -0.39 is 97.5 Å². The maximum atomic E-state index is 13.2. The van der Waals surface area contributed by atoms with Gasteiger partial charge in [-0.15, -0.1) is 0 Å². The Labute approximate surface area is 683 Å². The Kier molecular flexibility index (Phi) is 79.1. The van der Waals surface area contributed by atoms with Crippen LogP contribution in [-0.2, 0) is 65.4 Å². The van der Waals surface area contributed by atoms with Crippen molar-refractivity contribution in [3.8, 4) is 0 Å². The first-order valence-electron chi connectivity index (χ1n) is 47.3. The van der Waals surface area contributed by atoms with Crippen LogP contribution in [0.4, 0.5) is 0 Å². The number of hydrogen-bond acceptors (Lipinski definition) is 15. The molecule has 0 amide bonds. The van der Waals surface area contributed by atoms with Crippen LogP contribution in [0, 0.1) is 23.7 Å². The summed E-state index contributed by atoms with van der Waals surface area (Å²) in [7, 11) is -9.94. The second-order valence-electron chi connectivity index (χ2n) is 34.5. The van der Waals surface area contributed by atoms with E-state index in [2.05, 4.69) is 55.4 Å². The Balaban J connectivity index is 5.18. The molecule has 19 heteroatoms. The number of carbonyl (C=O) groups excluding carboxylic acids is 4. The topological polar surface area (TPSA) is 237 Å². The number of rotatable bonds is 89. The molecule has 0 bridgehead atoms. The van der Waals surface area contributed by atoms with Gasteiger partial charge in [0.2, 0.25) is 0 Å². The summed E-state index contributed by atoms with van der Waals surface area (Å²) in [4.78, 5) is 73.4. The van der Waals surface area contributed by atoms with Gasteiger partial charge in [-0.05, 0) is 49.4 Å². The highest BCUT2D eigenvalue weighted by Gasteiger charge is 2.31. The van der Waals surface area contributed by atoms with Gasteiger partial charge in [0, 0.05) is 25.7 Å². The molecule has 0 fully saturated rings. The first-order valence-corrected chi connectivity index (χ1v) is 50.3. The maximum absolute atomic E-state index is 13.2. The quantitative estimate of drug-likeness (QED) is 0.0222. The number of hydrogen-bond donors (Lipinski definition) is 3. The van der Waals surface area contributed by atoms with E-state index in [0.29, 0.717) is 31.6 Å². The predicted molar refractivity (Wildman–Crippen MR) is 460 cm³/mol. The number of phosphoric ester groups is 2. The number of unbranched alkanes of at least 4 members (excludes halogenated alkanes) is 53. The summed E-state index contributed by atoms with van der Waals surface area (Å²) in [6, 6.07) is 0. The lowest BCUT2D eigenvalue weighted by atomic mass is 9.99. The molecule has 4 unspecified atom stereocenters. The van der Waals surface area contributed by atoms with Crippen molar-refractivity contribution in [3.05, 3.63) is 0 Å². The van der Waals surface area contributed by atoms with Crippen LogP contribution in [0.1, 0.15) is 486 Å². The fourth-order valence-electron chi connectivity index (χ4n) is 14.3. The predicted octanol–water partition coefficient (Wildman–Crippen LogP) is 28.3. The normalized spacial score (nSPS) is 14.3. The molecular formula is C92H180O17P2. The van der Waals surface area contributed by atoms with Gasteiger partial charge in [-0.2, -0.15) is 0 Å². The van der Waals surface area contributed by atoms with Gasteiger partial charge in [0.15, 0.2) is 12.2 Å². The molecule has 0 radical (unpaired) electrons. The summed E-state index contributed by atoms with van der Waals surface area (Å²) >= 11 is 0. The number of ether oxygens (including phenoxy) is 4. The van der Waals surface area contributed by atoms with Gasteiger partial charge >= 0.3 is 39.5 Å². The Morgan fingerprint density at radius 2 is 0.432 bits per heavy atom. The Morgan fingerprint density at radius 1 is 0.252 bits per heavy atom. The zero-order valence-corrected chi connectivity index (χ0v) is 75.4. The lowest BCUT2D eigenvalue weighted by molar-refractivity contribution is -0.161. The third-order valence-corrected chi connectivity index (χ3v) is 24.2. The second-order valence-corrected chi connectivity index (χ2v) is 37.4. The molecule has 0 rings (SSSR count). The molecule has 0 aromatic rings. The molecule has 7 atom stereocenters. The zero-order chi connectivity index (χ0) is 81.6. The van der Waals surface area contributed by atoms with Crippen LogP contribution in [0.2, 0.25) is 0 Å². The van der Waals surface area contributed by atoms with Crippen LogP contribution in [-0.4, -0.2) is 96.7 Å². The molecule has 0 aromatic carbocycles. The van der Waals surface area contributed by atoms with Gasteiger partial charge in [0.05, 0.1) is 26.4 Å². The summed E-state index contributed by atoms with van der Waals surface area (Å²) < 4.78 is 69.0. The van der Waals surface area contributed by atoms with Crippen LogP contribution in [0.5, 0.6) is 0 Å². The minimum Gasteiger partial charge on any atom is -0.462 e. The van der Waals surface area contributed by atoms with Gasteiger partial charge in [-0.25, -0.2) is 9.13 Å². The van der Waals surface area contributed by atoms with Crippen molar-refractivity contribution in [1.29, 1.82) is 0 Å². The molecule has 660 valence electrons. The van der Waals surface area contributed by atoms with Crippen LogP contribution in [0.15, 0.2) is 0 Å². The average molecular weight is 1620 g/mol. The van der Waals surface area contributed by atoms with E-state index in [9.17, 15) is 43.2 Å². The molecule has 0 aliphatic carbocycles. The number of esters is 4. The Hall–Kier alpha value is -1.94. The largest absolute Gasteiger partial charge is 0.472 e. The molecule has 17 nitrogen and oxygen atoms in total. The molecule has 0 spiro atoms. The van der Waals surface area contributed by atoms with Crippen molar-refractivity contribution in [2.75, 3.05) is 39.6 Å². The summed E-state index contributed by atoms with van der Waals surface area (Å²) in [6.45, 7) is 14.4. The monoisotopic (exact) mass is 1620 g/mol. The molecule has 111 heavy (non-hydrogen) atoms. The third-order valence-electron chi connectivity index (χ3n) is 22.3. The molecule has 0 heterocycles. The van der Waals surface area contributed by atoms with Crippen molar-refractivity contribution < 1.29 is 80.2 Å². The highest BCUT2D eigenvalue weighted by Crippen LogP contribution is 2.45. The van der Waals surface area contributed by atoms with E-state index in [4.69, 9.17) is 37.0 Å². The van der Waals surface area contributed by atoms with E-state index in [1.165, 1.54) is 283 Å². The highest BCUT2D eigenvalue weighted by atomic mass is 31.2. The average Bonchev–Trinajstić information content (AvgIpc) is 0.699. The minimum absolute atomic E-state index is 0.107. The number of carbonyl (C=O) groups is 4. The Bertz CT molecular complexity index is 2150. The molecule has 3 N–H and O–H groups in total. The zero-order valence-electron chi connectivity index (χ0n) is 73.6. The van der Waals surface area contributed by atoms with Crippen molar-refractivity contribution >= 4 is 39.5 Å². The number of aliphatic hydroxyl groups is 1. The third kappa shape index (κ3) is 82.9. The first kappa shape index (κ1) is 109. The standard InChI is InChI=1S/C92H180O17P2/c1-9-84(7)70-62-54-45-39-33-27-21-15-11-13-17-23-29-35-41-47-56-64-72-89(94)102-78-87(108-91(96)74-67-59-49-43-37-31-25-19-20-26-32-38-44-52-60-68-82(3)4)80-106-110(98,99)104-76-86(93)77-105-111(100,101)107-81-88(79-103-90(95)73-65-57-51-50-53-61-69-83(5)6)109-92(97)75-66-58-48-42-36-30-24-18-14-12-16-22-28-34-40-46-55-63-71-85(8)10-2/h82-88,93H,9-81H2,1-8H3,(H,98,99)(H,100,101)/t84?,85?,86-,87-,88-/m1/s1. The fraction of sp³-hybridized carbons (Fsp3) is 0.957. The van der Waals surface area contributed by atoms with E-state index in [1.54, 1.807) is 0 Å². The smallest absolute Gasteiger partial charge is 0.462 e. The summed E-state index contributed by atoms with van der Waals surface area (Å²) in [6.07, 6.45) is 72.5. The van der Waals surface area contributed by atoms with Crippen LogP contribution >= 0.6 is 15.6 Å². The lowest BCUT2D eigenvalue weighted by Crippen LogP contribution is -2.30. The van der Waals surface area contributed by atoms with Crippen LogP contribution in [0.25, 0.3) is 0 Å². The summed E-state index contributed by atoms with van der Waals surface area (Å²) in [5.74, 6) is 1.12. The fourth-order valence-corrected chi connectivity index (χ4v) is 15.9.